The second-order valence-corrected chi connectivity index (χ2v) is 8.84. The summed E-state index contributed by atoms with van der Waals surface area (Å²) in [6.45, 7) is 6.23. The number of aromatic nitrogens is 1. The van der Waals surface area contributed by atoms with Gasteiger partial charge in [-0.25, -0.2) is 0 Å². The van der Waals surface area contributed by atoms with Crippen LogP contribution in [0.15, 0.2) is 52.2 Å². The summed E-state index contributed by atoms with van der Waals surface area (Å²) in [6.07, 6.45) is 0. The Morgan fingerprint density at radius 3 is 2.33 bits per heavy atom. The van der Waals surface area contributed by atoms with Gasteiger partial charge in [-0.15, -0.1) is 0 Å². The van der Waals surface area contributed by atoms with E-state index in [-0.39, 0.29) is 20.8 Å². The number of hydrogen-bond donors (Lipinski definition) is 1. The minimum Gasteiger partial charge on any atom is -0.379 e. The Hall–Kier alpha value is -2.12. The van der Waals surface area contributed by atoms with Crippen LogP contribution in [0.5, 0.6) is 5.75 Å². The molecule has 1 aromatic heterocycles. The minimum atomic E-state index is -4.00. The monoisotopic (exact) mass is 363 g/mol. The van der Waals surface area contributed by atoms with Gasteiger partial charge in [0.1, 0.15) is 10.6 Å². The molecule has 0 radical (unpaired) electrons. The van der Waals surface area contributed by atoms with E-state index in [4.69, 9.17) is 4.18 Å². The molecule has 3 rings (SSSR count). The van der Waals surface area contributed by atoms with Gasteiger partial charge in [0.05, 0.1) is 10.9 Å². The first-order valence-electron chi connectivity index (χ1n) is 7.33. The zero-order chi connectivity index (χ0) is 17.5. The predicted molar refractivity (Wildman–Crippen MR) is 95.4 cm³/mol. The fourth-order valence-electron chi connectivity index (χ4n) is 2.28. The maximum atomic E-state index is 12.4. The topological polar surface area (TPSA) is 76.2 Å². The average molecular weight is 363 g/mol. The van der Waals surface area contributed by atoms with E-state index in [1.165, 1.54) is 12.1 Å². The molecule has 3 aromatic rings. The van der Waals surface area contributed by atoms with E-state index in [0.717, 1.165) is 17.1 Å². The number of H-pyrrole nitrogens is 1. The summed E-state index contributed by atoms with van der Waals surface area (Å²) in [4.78, 5) is 11.7. The van der Waals surface area contributed by atoms with Gasteiger partial charge in [-0.1, -0.05) is 32.9 Å². The summed E-state index contributed by atoms with van der Waals surface area (Å²) in [5, 5.41) is 0.341. The Bertz CT molecular complexity index is 1040. The molecule has 126 valence electrons. The fourth-order valence-corrected chi connectivity index (χ4v) is 3.90. The number of rotatable bonds is 3. The van der Waals surface area contributed by atoms with Crippen LogP contribution in [0.2, 0.25) is 0 Å². The van der Waals surface area contributed by atoms with Gasteiger partial charge < -0.3 is 8.56 Å². The highest BCUT2D eigenvalue weighted by molar-refractivity contribution is 7.87. The standard InChI is InChI=1S/C17H17NO4S2/c1-17(2,3)11-4-6-12(7-5-11)22-24(20,21)13-8-9-15-14(10-13)16(19)23-18-15/h4-10,18H,1-3H3. The molecule has 0 fully saturated rings. The van der Waals surface area contributed by atoms with Crippen molar-refractivity contribution in [3.05, 3.63) is 57.6 Å². The highest BCUT2D eigenvalue weighted by Gasteiger charge is 2.19. The molecule has 1 heterocycles. The van der Waals surface area contributed by atoms with Crippen molar-refractivity contribution >= 4 is 32.6 Å². The van der Waals surface area contributed by atoms with E-state index in [1.54, 1.807) is 18.2 Å². The van der Waals surface area contributed by atoms with Crippen molar-refractivity contribution in [2.45, 2.75) is 31.1 Å². The number of fused-ring (bicyclic) bond motifs is 1. The summed E-state index contributed by atoms with van der Waals surface area (Å²) in [6, 6.07) is 11.3. The number of hydrogen-bond acceptors (Lipinski definition) is 5. The quantitative estimate of drug-likeness (QED) is 0.721. The zero-order valence-corrected chi connectivity index (χ0v) is 15.1. The van der Waals surface area contributed by atoms with Gasteiger partial charge in [0, 0.05) is 0 Å². The molecule has 2 aromatic carbocycles. The molecule has 0 unspecified atom stereocenters. The van der Waals surface area contributed by atoms with Gasteiger partial charge in [0.15, 0.2) is 0 Å². The molecule has 0 saturated heterocycles. The molecular weight excluding hydrogens is 346 g/mol. The normalized spacial score (nSPS) is 12.5. The molecule has 0 aliphatic carbocycles. The molecule has 24 heavy (non-hydrogen) atoms. The zero-order valence-electron chi connectivity index (χ0n) is 13.5. The van der Waals surface area contributed by atoms with Crippen molar-refractivity contribution in [1.29, 1.82) is 0 Å². The molecular formula is C17H17NO4S2. The van der Waals surface area contributed by atoms with Crippen LogP contribution < -0.4 is 8.93 Å². The van der Waals surface area contributed by atoms with Gasteiger partial charge in [-0.3, -0.25) is 4.79 Å². The van der Waals surface area contributed by atoms with E-state index in [0.29, 0.717) is 10.9 Å². The Labute approximate surface area is 144 Å². The lowest BCUT2D eigenvalue weighted by molar-refractivity contribution is 0.485. The van der Waals surface area contributed by atoms with Crippen LogP contribution in [0.25, 0.3) is 10.9 Å². The summed E-state index contributed by atoms with van der Waals surface area (Å²) in [5.74, 6) is 0.238. The third-order valence-corrected chi connectivity index (χ3v) is 5.65. The second-order valence-electron chi connectivity index (χ2n) is 6.51. The summed E-state index contributed by atoms with van der Waals surface area (Å²) >= 11 is 0.929. The summed E-state index contributed by atoms with van der Waals surface area (Å²) < 4.78 is 32.7. The van der Waals surface area contributed by atoms with Gasteiger partial charge >= 0.3 is 10.1 Å². The number of aromatic amines is 1. The fraction of sp³-hybridized carbons (Fsp3) is 0.235. The summed E-state index contributed by atoms with van der Waals surface area (Å²) in [7, 11) is -4.00. The third-order valence-electron chi connectivity index (χ3n) is 3.68. The molecule has 0 saturated carbocycles. The first kappa shape index (κ1) is 16.7. The van der Waals surface area contributed by atoms with E-state index in [2.05, 4.69) is 25.1 Å². The van der Waals surface area contributed by atoms with Crippen molar-refractivity contribution in [2.24, 2.45) is 0 Å². The van der Waals surface area contributed by atoms with E-state index in [1.807, 2.05) is 12.1 Å². The van der Waals surface area contributed by atoms with Gasteiger partial charge in [0.2, 0.25) is 0 Å². The second kappa shape index (κ2) is 5.75. The molecule has 1 N–H and O–H groups in total. The highest BCUT2D eigenvalue weighted by atomic mass is 32.2. The van der Waals surface area contributed by atoms with Crippen LogP contribution in [-0.4, -0.2) is 12.8 Å². The Morgan fingerprint density at radius 1 is 1.04 bits per heavy atom. The Kier molecular flexibility index (Phi) is 4.01. The Morgan fingerprint density at radius 2 is 1.71 bits per heavy atom. The van der Waals surface area contributed by atoms with Gasteiger partial charge in [-0.2, -0.15) is 8.42 Å². The van der Waals surface area contributed by atoms with Crippen LogP contribution in [0.1, 0.15) is 26.3 Å². The molecule has 0 amide bonds. The van der Waals surface area contributed by atoms with Gasteiger partial charge in [0.25, 0.3) is 4.74 Å². The third kappa shape index (κ3) is 3.22. The minimum absolute atomic E-state index is 0.0254. The van der Waals surface area contributed by atoms with Crippen molar-refractivity contribution in [3.63, 3.8) is 0 Å². The SMILES string of the molecule is CC(C)(C)c1ccc(OS(=O)(=O)c2ccc3[nH]sc(=O)c3c2)cc1. The lowest BCUT2D eigenvalue weighted by Crippen LogP contribution is -2.12. The van der Waals surface area contributed by atoms with Crippen molar-refractivity contribution in [2.75, 3.05) is 0 Å². The van der Waals surface area contributed by atoms with Gasteiger partial charge in [-0.05, 0) is 52.8 Å². The number of benzene rings is 2. The van der Waals surface area contributed by atoms with E-state index in [9.17, 15) is 13.2 Å². The Balaban J connectivity index is 1.92. The molecule has 0 spiro atoms. The molecule has 0 atom stereocenters. The number of nitrogens with one attached hydrogen (secondary N) is 1. The van der Waals surface area contributed by atoms with Crippen LogP contribution in [0, 0.1) is 0 Å². The maximum absolute atomic E-state index is 12.4. The smallest absolute Gasteiger partial charge is 0.339 e. The molecule has 0 aliphatic rings. The van der Waals surface area contributed by atoms with Crippen LogP contribution in [0.3, 0.4) is 0 Å². The van der Waals surface area contributed by atoms with Crippen molar-refractivity contribution in [1.82, 2.24) is 4.37 Å². The molecule has 0 bridgehead atoms. The summed E-state index contributed by atoms with van der Waals surface area (Å²) in [5.41, 5.74) is 1.67. The van der Waals surface area contributed by atoms with Crippen LogP contribution in [0.4, 0.5) is 0 Å². The van der Waals surface area contributed by atoms with Crippen LogP contribution >= 0.6 is 11.5 Å². The molecule has 0 aliphatic heterocycles. The highest BCUT2D eigenvalue weighted by Crippen LogP contribution is 2.26. The first-order chi connectivity index (χ1) is 11.2. The molecule has 5 nitrogen and oxygen atoms in total. The molecule has 7 heteroatoms. The maximum Gasteiger partial charge on any atom is 0.339 e. The van der Waals surface area contributed by atoms with Crippen molar-refractivity contribution in [3.8, 4) is 5.75 Å². The lowest BCUT2D eigenvalue weighted by atomic mass is 9.87. The van der Waals surface area contributed by atoms with Crippen molar-refractivity contribution < 1.29 is 12.6 Å². The lowest BCUT2D eigenvalue weighted by Gasteiger charge is -2.19. The average Bonchev–Trinajstić information content (AvgIpc) is 2.87. The van der Waals surface area contributed by atoms with E-state index >= 15 is 0 Å². The first-order valence-corrected chi connectivity index (χ1v) is 9.55. The largest absolute Gasteiger partial charge is 0.379 e. The van der Waals surface area contributed by atoms with E-state index < -0.39 is 10.1 Å². The van der Waals surface area contributed by atoms with Crippen LogP contribution in [-0.2, 0) is 15.5 Å². The predicted octanol–water partition coefficient (Wildman–Crippen LogP) is 3.65.